The van der Waals surface area contributed by atoms with Crippen LogP contribution in [-0.4, -0.2) is 47.8 Å². The number of hydrogen-bond donors (Lipinski definition) is 2. The van der Waals surface area contributed by atoms with Gasteiger partial charge in [-0.3, -0.25) is 9.69 Å². The molecular weight excluding hydrogens is 213 g/mol. The van der Waals surface area contributed by atoms with Crippen LogP contribution in [0.25, 0.3) is 0 Å². The van der Waals surface area contributed by atoms with Crippen molar-refractivity contribution >= 4 is 5.97 Å². The first kappa shape index (κ1) is 14.2. The molecule has 0 aromatic heterocycles. The van der Waals surface area contributed by atoms with Crippen molar-refractivity contribution in [3.8, 4) is 0 Å². The largest absolute Gasteiger partial charge is 0.480 e. The van der Waals surface area contributed by atoms with Gasteiger partial charge in [0.1, 0.15) is 6.04 Å². The Bertz CT molecular complexity index is 209. The molecule has 1 unspecified atom stereocenters. The summed E-state index contributed by atoms with van der Waals surface area (Å²) in [6.45, 7) is 0.174. The normalized spacial score (nSPS) is 14.3. The Labute approximate surface area is 85.8 Å². The lowest BCUT2D eigenvalue weighted by Gasteiger charge is -2.28. The molecule has 3 N–H and O–H groups in total. The van der Waals surface area contributed by atoms with Gasteiger partial charge in [0.05, 0.1) is 6.54 Å². The maximum atomic E-state index is 12.1. The molecule has 90 valence electrons. The third-order valence-corrected chi connectivity index (χ3v) is 1.84. The number of carboxylic acid groups (broad SMARTS) is 1. The molecule has 0 aromatic carbocycles. The fourth-order valence-electron chi connectivity index (χ4n) is 1.27. The number of carboxylic acids is 1. The van der Waals surface area contributed by atoms with Crippen LogP contribution < -0.4 is 5.73 Å². The summed E-state index contributed by atoms with van der Waals surface area (Å²) >= 11 is 0. The second kappa shape index (κ2) is 5.92. The maximum absolute atomic E-state index is 12.1. The minimum Gasteiger partial charge on any atom is -0.480 e. The van der Waals surface area contributed by atoms with Crippen molar-refractivity contribution in [3.63, 3.8) is 0 Å². The van der Waals surface area contributed by atoms with E-state index in [9.17, 15) is 18.0 Å². The molecule has 0 aliphatic heterocycles. The van der Waals surface area contributed by atoms with Crippen LogP contribution in [0.15, 0.2) is 0 Å². The van der Waals surface area contributed by atoms with E-state index in [1.807, 2.05) is 0 Å². The molecule has 0 saturated heterocycles. The van der Waals surface area contributed by atoms with Gasteiger partial charge in [-0.15, -0.1) is 0 Å². The molecule has 0 radical (unpaired) electrons. The summed E-state index contributed by atoms with van der Waals surface area (Å²) in [7, 11) is 0. The van der Waals surface area contributed by atoms with Gasteiger partial charge in [-0.1, -0.05) is 6.92 Å². The van der Waals surface area contributed by atoms with E-state index in [0.29, 0.717) is 6.42 Å². The van der Waals surface area contributed by atoms with Gasteiger partial charge < -0.3 is 10.8 Å². The van der Waals surface area contributed by atoms with Crippen LogP contribution in [0.1, 0.15) is 13.3 Å². The Balaban J connectivity index is 4.55. The molecule has 0 amide bonds. The van der Waals surface area contributed by atoms with Crippen molar-refractivity contribution in [2.24, 2.45) is 5.73 Å². The Hall–Kier alpha value is -0.820. The van der Waals surface area contributed by atoms with E-state index in [4.69, 9.17) is 10.8 Å². The smallest absolute Gasteiger partial charge is 0.401 e. The molecule has 0 heterocycles. The van der Waals surface area contributed by atoms with Crippen molar-refractivity contribution in [1.29, 1.82) is 0 Å². The standard InChI is InChI=1S/C8H15F3N2O2/c1-2-3-13(5-8(9,10)11)6(4-12)7(14)15/h6H,2-5,12H2,1H3,(H,14,15). The minimum absolute atomic E-state index is 0.0632. The van der Waals surface area contributed by atoms with Crippen molar-refractivity contribution in [1.82, 2.24) is 4.90 Å². The van der Waals surface area contributed by atoms with Gasteiger partial charge in [-0.25, -0.2) is 0 Å². The molecule has 4 nitrogen and oxygen atoms in total. The van der Waals surface area contributed by atoms with E-state index >= 15 is 0 Å². The Morgan fingerprint density at radius 2 is 2.07 bits per heavy atom. The van der Waals surface area contributed by atoms with E-state index in [-0.39, 0.29) is 13.1 Å². The summed E-state index contributed by atoms with van der Waals surface area (Å²) < 4.78 is 36.3. The molecule has 0 spiro atoms. The molecule has 7 heteroatoms. The van der Waals surface area contributed by atoms with Crippen molar-refractivity contribution in [2.75, 3.05) is 19.6 Å². The predicted molar refractivity (Wildman–Crippen MR) is 48.4 cm³/mol. The lowest BCUT2D eigenvalue weighted by Crippen LogP contribution is -2.50. The number of aliphatic carboxylic acids is 1. The SMILES string of the molecule is CCCN(CC(F)(F)F)C(CN)C(=O)O. The van der Waals surface area contributed by atoms with Gasteiger partial charge in [0.2, 0.25) is 0 Å². The van der Waals surface area contributed by atoms with Gasteiger partial charge in [0.25, 0.3) is 0 Å². The highest BCUT2D eigenvalue weighted by molar-refractivity contribution is 5.73. The summed E-state index contributed by atoms with van der Waals surface area (Å²) in [5.74, 6) is -1.32. The number of rotatable bonds is 6. The number of carbonyl (C=O) groups is 1. The van der Waals surface area contributed by atoms with Crippen LogP contribution in [0, 0.1) is 0 Å². The first-order valence-electron chi connectivity index (χ1n) is 4.55. The number of nitrogens with two attached hydrogens (primary N) is 1. The zero-order valence-corrected chi connectivity index (χ0v) is 8.42. The van der Waals surface area contributed by atoms with Crippen LogP contribution in [0.3, 0.4) is 0 Å². The topological polar surface area (TPSA) is 66.6 Å². The van der Waals surface area contributed by atoms with Crippen LogP contribution in [-0.2, 0) is 4.79 Å². The Morgan fingerprint density at radius 3 is 2.33 bits per heavy atom. The zero-order valence-electron chi connectivity index (χ0n) is 8.42. The average Bonchev–Trinajstić information content (AvgIpc) is 2.01. The average molecular weight is 228 g/mol. The zero-order chi connectivity index (χ0) is 12.1. The van der Waals surface area contributed by atoms with Crippen LogP contribution in [0.2, 0.25) is 0 Å². The highest BCUT2D eigenvalue weighted by Crippen LogP contribution is 2.18. The lowest BCUT2D eigenvalue weighted by atomic mass is 10.2. The van der Waals surface area contributed by atoms with Gasteiger partial charge in [0, 0.05) is 6.54 Å². The molecule has 1 atom stereocenters. The molecule has 0 fully saturated rings. The third kappa shape index (κ3) is 5.58. The molecule has 0 saturated carbocycles. The predicted octanol–water partition coefficient (Wildman–Crippen LogP) is 0.673. The van der Waals surface area contributed by atoms with E-state index in [2.05, 4.69) is 0 Å². The number of halogens is 3. The molecule has 0 aliphatic rings. The van der Waals surface area contributed by atoms with E-state index in [1.165, 1.54) is 0 Å². The summed E-state index contributed by atoms with van der Waals surface area (Å²) in [4.78, 5) is 11.5. The van der Waals surface area contributed by atoms with Gasteiger partial charge in [0.15, 0.2) is 0 Å². The fraction of sp³-hybridized carbons (Fsp3) is 0.875. The maximum Gasteiger partial charge on any atom is 0.401 e. The summed E-state index contributed by atoms with van der Waals surface area (Å²) in [5, 5.41) is 8.68. The summed E-state index contributed by atoms with van der Waals surface area (Å²) in [6.07, 6.45) is -3.96. The molecule has 0 aliphatic carbocycles. The van der Waals surface area contributed by atoms with Crippen molar-refractivity contribution in [3.05, 3.63) is 0 Å². The fourth-order valence-corrected chi connectivity index (χ4v) is 1.27. The van der Waals surface area contributed by atoms with E-state index < -0.39 is 24.7 Å². The monoisotopic (exact) mass is 228 g/mol. The highest BCUT2D eigenvalue weighted by atomic mass is 19.4. The number of hydrogen-bond acceptors (Lipinski definition) is 3. The molecule has 0 rings (SSSR count). The van der Waals surface area contributed by atoms with Crippen molar-refractivity contribution < 1.29 is 23.1 Å². The first-order valence-corrected chi connectivity index (χ1v) is 4.55. The molecule has 0 bridgehead atoms. The Morgan fingerprint density at radius 1 is 1.53 bits per heavy atom. The second-order valence-corrected chi connectivity index (χ2v) is 3.18. The van der Waals surface area contributed by atoms with Crippen LogP contribution in [0.4, 0.5) is 13.2 Å². The highest BCUT2D eigenvalue weighted by Gasteiger charge is 2.35. The minimum atomic E-state index is -4.40. The first-order chi connectivity index (χ1) is 6.81. The quantitative estimate of drug-likeness (QED) is 0.701. The summed E-state index contributed by atoms with van der Waals surface area (Å²) in [6, 6.07) is -1.27. The molecule has 0 aromatic rings. The van der Waals surface area contributed by atoms with E-state index in [1.54, 1.807) is 6.92 Å². The van der Waals surface area contributed by atoms with Crippen molar-refractivity contribution in [2.45, 2.75) is 25.6 Å². The van der Waals surface area contributed by atoms with E-state index in [0.717, 1.165) is 4.90 Å². The number of nitrogens with zero attached hydrogens (tertiary/aromatic N) is 1. The van der Waals surface area contributed by atoms with Crippen LogP contribution >= 0.6 is 0 Å². The van der Waals surface area contributed by atoms with Gasteiger partial charge in [-0.05, 0) is 13.0 Å². The lowest BCUT2D eigenvalue weighted by molar-refractivity contribution is -0.161. The molecule has 15 heavy (non-hydrogen) atoms. The third-order valence-electron chi connectivity index (χ3n) is 1.84. The van der Waals surface area contributed by atoms with Gasteiger partial charge in [-0.2, -0.15) is 13.2 Å². The Kier molecular flexibility index (Phi) is 5.59. The second-order valence-electron chi connectivity index (χ2n) is 3.18. The summed E-state index contributed by atoms with van der Waals surface area (Å²) in [5.41, 5.74) is 5.13. The van der Waals surface area contributed by atoms with Gasteiger partial charge >= 0.3 is 12.1 Å². The van der Waals surface area contributed by atoms with Crippen LogP contribution in [0.5, 0.6) is 0 Å². The number of alkyl halides is 3. The molecular formula is C8H15F3N2O2.